The molecule has 0 spiro atoms. The average Bonchev–Trinajstić information content (AvgIpc) is 2.96. The van der Waals surface area contributed by atoms with Crippen molar-refractivity contribution in [3.8, 4) is 0 Å². The summed E-state index contributed by atoms with van der Waals surface area (Å²) in [5, 5.41) is 5.26. The Bertz CT molecular complexity index is 1650. The van der Waals surface area contributed by atoms with Crippen LogP contribution < -0.4 is 5.32 Å². The normalized spacial score (nSPS) is 12.3. The van der Waals surface area contributed by atoms with Crippen LogP contribution >= 0.6 is 23.2 Å². The van der Waals surface area contributed by atoms with Gasteiger partial charge in [0.05, 0.1) is 11.4 Å². The lowest BCUT2D eigenvalue weighted by atomic mass is 10.0. The van der Waals surface area contributed by atoms with Crippen molar-refractivity contribution in [2.75, 3.05) is 20.1 Å². The maximum Gasteiger partial charge on any atom is 0.243 e. The highest BCUT2D eigenvalue weighted by Crippen LogP contribution is 2.25. The number of likely N-dealkylation sites (N-methyl/N-ethyl adjacent to an activating group) is 2. The Morgan fingerprint density at radius 2 is 1.56 bits per heavy atom. The standard InChI is InChI=1S/C31H31Cl2N3O4S/c1-3-34-31(38)29(17-22-9-5-4-6-10-22)36(20-25-13-15-26(32)19-28(25)33)30(37)21-35(2)41(39,40)27-16-14-23-11-7-8-12-24(23)18-27/h4-16,18-19,29H,3,17,20-21H2,1-2H3,(H,34,38)/t29-/m0/s1. The van der Waals surface area contributed by atoms with Gasteiger partial charge in [-0.3, -0.25) is 9.59 Å². The van der Waals surface area contributed by atoms with E-state index in [-0.39, 0.29) is 23.8 Å². The summed E-state index contributed by atoms with van der Waals surface area (Å²) >= 11 is 12.5. The molecule has 7 nitrogen and oxygen atoms in total. The first-order valence-corrected chi connectivity index (χ1v) is 15.3. The number of benzene rings is 4. The monoisotopic (exact) mass is 611 g/mol. The number of halogens is 2. The van der Waals surface area contributed by atoms with Crippen LogP contribution in [0.25, 0.3) is 10.8 Å². The maximum atomic E-state index is 13.9. The fourth-order valence-electron chi connectivity index (χ4n) is 4.55. The Kier molecular flexibility index (Phi) is 10.0. The predicted octanol–water partition coefficient (Wildman–Crippen LogP) is 5.54. The van der Waals surface area contributed by atoms with Crippen LogP contribution in [0, 0.1) is 0 Å². The first-order chi connectivity index (χ1) is 19.6. The lowest BCUT2D eigenvalue weighted by molar-refractivity contribution is -0.141. The van der Waals surface area contributed by atoms with Crippen LogP contribution in [-0.2, 0) is 32.6 Å². The molecule has 4 rings (SSSR count). The largest absolute Gasteiger partial charge is 0.355 e. The zero-order chi connectivity index (χ0) is 29.6. The van der Waals surface area contributed by atoms with Gasteiger partial charge in [-0.15, -0.1) is 0 Å². The van der Waals surface area contributed by atoms with Gasteiger partial charge >= 0.3 is 0 Å². The number of nitrogens with one attached hydrogen (secondary N) is 1. The van der Waals surface area contributed by atoms with E-state index in [2.05, 4.69) is 5.32 Å². The fourth-order valence-corrected chi connectivity index (χ4v) is 6.18. The molecule has 214 valence electrons. The molecule has 2 amide bonds. The third kappa shape index (κ3) is 7.45. The van der Waals surface area contributed by atoms with Crippen molar-refractivity contribution in [2.24, 2.45) is 0 Å². The molecule has 0 heterocycles. The molecule has 0 aromatic heterocycles. The molecule has 41 heavy (non-hydrogen) atoms. The van der Waals surface area contributed by atoms with E-state index in [0.717, 1.165) is 20.6 Å². The smallest absolute Gasteiger partial charge is 0.243 e. The van der Waals surface area contributed by atoms with Gasteiger partial charge in [0.1, 0.15) is 6.04 Å². The number of fused-ring (bicyclic) bond motifs is 1. The fraction of sp³-hybridized carbons (Fsp3) is 0.226. The summed E-state index contributed by atoms with van der Waals surface area (Å²) in [4.78, 5) is 28.8. The molecule has 0 bridgehead atoms. The van der Waals surface area contributed by atoms with Gasteiger partial charge in [0, 0.05) is 36.6 Å². The molecule has 0 saturated heterocycles. The molecule has 4 aromatic rings. The minimum absolute atomic E-state index is 0.0205. The summed E-state index contributed by atoms with van der Waals surface area (Å²) in [6, 6.07) is 25.6. The van der Waals surface area contributed by atoms with Crippen LogP contribution in [0.5, 0.6) is 0 Å². The van der Waals surface area contributed by atoms with Gasteiger partial charge in [0.2, 0.25) is 21.8 Å². The van der Waals surface area contributed by atoms with Gasteiger partial charge in [-0.25, -0.2) is 8.42 Å². The highest BCUT2D eigenvalue weighted by molar-refractivity contribution is 7.89. The summed E-state index contributed by atoms with van der Waals surface area (Å²) in [6.45, 7) is 1.66. The van der Waals surface area contributed by atoms with Crippen molar-refractivity contribution in [3.63, 3.8) is 0 Å². The van der Waals surface area contributed by atoms with E-state index in [4.69, 9.17) is 23.2 Å². The number of hydrogen-bond donors (Lipinski definition) is 1. The number of sulfonamides is 1. The quantitative estimate of drug-likeness (QED) is 0.241. The first-order valence-electron chi connectivity index (χ1n) is 13.1. The second-order valence-electron chi connectivity index (χ2n) is 9.63. The summed E-state index contributed by atoms with van der Waals surface area (Å²) in [5.74, 6) is -0.898. The van der Waals surface area contributed by atoms with Crippen molar-refractivity contribution in [1.29, 1.82) is 0 Å². The van der Waals surface area contributed by atoms with E-state index in [1.807, 2.05) is 54.6 Å². The summed E-state index contributed by atoms with van der Waals surface area (Å²) in [5.41, 5.74) is 1.42. The second kappa shape index (κ2) is 13.5. The molecule has 0 fully saturated rings. The van der Waals surface area contributed by atoms with E-state index in [1.54, 1.807) is 37.3 Å². The van der Waals surface area contributed by atoms with Crippen molar-refractivity contribution in [1.82, 2.24) is 14.5 Å². The zero-order valence-electron chi connectivity index (χ0n) is 22.8. The zero-order valence-corrected chi connectivity index (χ0v) is 25.1. The van der Waals surface area contributed by atoms with Gasteiger partial charge in [0.25, 0.3) is 0 Å². The lowest BCUT2D eigenvalue weighted by Crippen LogP contribution is -2.53. The first kappa shape index (κ1) is 30.5. The predicted molar refractivity (Wildman–Crippen MR) is 163 cm³/mol. The Hall–Kier alpha value is -3.43. The van der Waals surface area contributed by atoms with Gasteiger partial charge in [0.15, 0.2) is 0 Å². The van der Waals surface area contributed by atoms with E-state index >= 15 is 0 Å². The van der Waals surface area contributed by atoms with Crippen molar-refractivity contribution < 1.29 is 18.0 Å². The minimum atomic E-state index is -4.02. The average molecular weight is 613 g/mol. The van der Waals surface area contributed by atoms with Gasteiger partial charge in [-0.05, 0) is 53.1 Å². The second-order valence-corrected chi connectivity index (χ2v) is 12.5. The topological polar surface area (TPSA) is 86.8 Å². The van der Waals surface area contributed by atoms with Crippen LogP contribution in [0.3, 0.4) is 0 Å². The molecule has 0 aliphatic heterocycles. The molecule has 0 aliphatic carbocycles. The molecule has 1 atom stereocenters. The molecule has 0 saturated carbocycles. The molecule has 0 radical (unpaired) electrons. The number of nitrogens with zero attached hydrogens (tertiary/aromatic N) is 2. The molecule has 1 N–H and O–H groups in total. The number of carbonyl (C=O) groups is 2. The third-order valence-electron chi connectivity index (χ3n) is 6.76. The molecular weight excluding hydrogens is 581 g/mol. The van der Waals surface area contributed by atoms with Crippen molar-refractivity contribution >= 4 is 55.8 Å². The van der Waals surface area contributed by atoms with E-state index in [1.165, 1.54) is 18.0 Å². The van der Waals surface area contributed by atoms with Crippen LogP contribution in [0.1, 0.15) is 18.1 Å². The van der Waals surface area contributed by atoms with E-state index in [9.17, 15) is 18.0 Å². The Morgan fingerprint density at radius 1 is 0.878 bits per heavy atom. The van der Waals surface area contributed by atoms with Crippen LogP contribution in [0.4, 0.5) is 0 Å². The number of carbonyl (C=O) groups excluding carboxylic acids is 2. The third-order valence-corrected chi connectivity index (χ3v) is 9.15. The van der Waals surface area contributed by atoms with Gasteiger partial charge in [-0.2, -0.15) is 4.31 Å². The Labute approximate surface area is 250 Å². The van der Waals surface area contributed by atoms with Crippen molar-refractivity contribution in [2.45, 2.75) is 30.8 Å². The van der Waals surface area contributed by atoms with E-state index < -0.39 is 28.5 Å². The van der Waals surface area contributed by atoms with Crippen LogP contribution in [0.15, 0.2) is 95.9 Å². The van der Waals surface area contributed by atoms with Crippen LogP contribution in [0.2, 0.25) is 10.0 Å². The van der Waals surface area contributed by atoms with Crippen molar-refractivity contribution in [3.05, 3.63) is 112 Å². The molecule has 4 aromatic carbocycles. The number of rotatable bonds is 11. The molecular formula is C31H31Cl2N3O4S. The summed E-state index contributed by atoms with van der Waals surface area (Å²) in [7, 11) is -2.66. The van der Waals surface area contributed by atoms with Gasteiger partial charge in [-0.1, -0.05) is 89.9 Å². The van der Waals surface area contributed by atoms with Crippen LogP contribution in [-0.4, -0.2) is 55.6 Å². The van der Waals surface area contributed by atoms with Gasteiger partial charge < -0.3 is 10.2 Å². The van der Waals surface area contributed by atoms with E-state index in [0.29, 0.717) is 22.2 Å². The summed E-state index contributed by atoms with van der Waals surface area (Å²) < 4.78 is 28.0. The highest BCUT2D eigenvalue weighted by Gasteiger charge is 2.33. The Balaban J connectivity index is 1.68. The number of amides is 2. The maximum absolute atomic E-state index is 13.9. The molecule has 10 heteroatoms. The highest BCUT2D eigenvalue weighted by atomic mass is 35.5. The minimum Gasteiger partial charge on any atom is -0.355 e. The molecule has 0 aliphatic rings. The Morgan fingerprint density at radius 3 is 2.24 bits per heavy atom. The lowest BCUT2D eigenvalue weighted by Gasteiger charge is -2.33. The summed E-state index contributed by atoms with van der Waals surface area (Å²) in [6.07, 6.45) is 0.227. The SMILES string of the molecule is CCNC(=O)[C@H](Cc1ccccc1)N(Cc1ccc(Cl)cc1Cl)C(=O)CN(C)S(=O)(=O)c1ccc2ccccc2c1. The molecule has 0 unspecified atom stereocenters. The number of hydrogen-bond acceptors (Lipinski definition) is 4.